The predicted molar refractivity (Wildman–Crippen MR) is 102 cm³/mol. The minimum absolute atomic E-state index is 0.0508. The first-order valence-corrected chi connectivity index (χ1v) is 8.00. The summed E-state index contributed by atoms with van der Waals surface area (Å²) in [6, 6.07) is 3.54. The maximum absolute atomic E-state index is 13.1. The number of allylic oxidation sites excluding steroid dienone is 1. The summed E-state index contributed by atoms with van der Waals surface area (Å²) in [5, 5.41) is 12.9. The molecular weight excluding hydrogens is 365 g/mol. The zero-order valence-corrected chi connectivity index (χ0v) is 14.7. The molecule has 3 heterocycles. The zero-order valence-electron chi connectivity index (χ0n) is 14.7. The van der Waals surface area contributed by atoms with E-state index in [2.05, 4.69) is 25.6 Å². The number of halogens is 1. The van der Waals surface area contributed by atoms with E-state index in [4.69, 9.17) is 15.9 Å². The third-order valence-electron chi connectivity index (χ3n) is 3.73. The van der Waals surface area contributed by atoms with Gasteiger partial charge in [0, 0.05) is 24.2 Å². The molecule has 28 heavy (non-hydrogen) atoms. The van der Waals surface area contributed by atoms with Gasteiger partial charge >= 0.3 is 0 Å². The highest BCUT2D eigenvalue weighted by molar-refractivity contribution is 6.24. The van der Waals surface area contributed by atoms with Crippen LogP contribution in [0.3, 0.4) is 0 Å². The molecule has 0 unspecified atom stereocenters. The van der Waals surface area contributed by atoms with Gasteiger partial charge in [-0.25, -0.2) is 9.38 Å². The van der Waals surface area contributed by atoms with E-state index in [1.165, 1.54) is 19.5 Å². The molecule has 142 valence electrons. The fourth-order valence-electron chi connectivity index (χ4n) is 2.52. The first-order chi connectivity index (χ1) is 13.5. The molecular formula is C18H16FN7O2. The molecule has 3 rings (SSSR count). The Balaban J connectivity index is 2.02. The number of pyridine rings is 2. The number of amidine groups is 1. The monoisotopic (exact) mass is 381 g/mol. The van der Waals surface area contributed by atoms with Crippen LogP contribution in [-0.4, -0.2) is 35.0 Å². The van der Waals surface area contributed by atoms with E-state index in [1.54, 1.807) is 24.5 Å². The molecule has 0 fully saturated rings. The van der Waals surface area contributed by atoms with Crippen LogP contribution in [0.25, 0.3) is 11.1 Å². The first kappa shape index (κ1) is 18.7. The van der Waals surface area contributed by atoms with Gasteiger partial charge in [-0.2, -0.15) is 0 Å². The van der Waals surface area contributed by atoms with Gasteiger partial charge in [-0.05, 0) is 6.07 Å². The van der Waals surface area contributed by atoms with E-state index in [1.807, 2.05) is 0 Å². The average Bonchev–Trinajstić information content (AvgIpc) is 2.70. The van der Waals surface area contributed by atoms with Crippen LogP contribution in [0.2, 0.25) is 0 Å². The summed E-state index contributed by atoms with van der Waals surface area (Å²) in [5.41, 5.74) is 6.86. The highest BCUT2D eigenvalue weighted by atomic mass is 19.1. The van der Waals surface area contributed by atoms with Crippen LogP contribution in [0.1, 0.15) is 0 Å². The van der Waals surface area contributed by atoms with E-state index < -0.39 is 17.6 Å². The Kier molecular flexibility index (Phi) is 5.40. The summed E-state index contributed by atoms with van der Waals surface area (Å²) >= 11 is 0. The SMILES string of the molecule is COc1cncc(NC(=O)C(C(=N)N)=C2N=CC(F)=CN2)c1-c1cccnc1. The van der Waals surface area contributed by atoms with Crippen molar-refractivity contribution in [1.29, 1.82) is 5.41 Å². The summed E-state index contributed by atoms with van der Waals surface area (Å²) in [5.74, 6) is -1.51. The number of amides is 1. The molecule has 0 radical (unpaired) electrons. The molecule has 0 saturated heterocycles. The van der Waals surface area contributed by atoms with Crippen molar-refractivity contribution < 1.29 is 13.9 Å². The topological polar surface area (TPSA) is 138 Å². The molecule has 0 spiro atoms. The molecule has 1 amide bonds. The van der Waals surface area contributed by atoms with Crippen molar-refractivity contribution in [1.82, 2.24) is 15.3 Å². The van der Waals surface area contributed by atoms with E-state index in [9.17, 15) is 9.18 Å². The lowest BCUT2D eigenvalue weighted by atomic mass is 10.1. The third kappa shape index (κ3) is 3.85. The Morgan fingerprint density at radius 1 is 1.32 bits per heavy atom. The van der Waals surface area contributed by atoms with Gasteiger partial charge in [-0.3, -0.25) is 20.2 Å². The Morgan fingerprint density at radius 2 is 2.14 bits per heavy atom. The molecule has 0 bridgehead atoms. The molecule has 0 aromatic carbocycles. The molecule has 9 nitrogen and oxygen atoms in total. The number of nitrogens with zero attached hydrogens (tertiary/aromatic N) is 3. The maximum Gasteiger partial charge on any atom is 0.263 e. The van der Waals surface area contributed by atoms with Crippen LogP contribution >= 0.6 is 0 Å². The lowest BCUT2D eigenvalue weighted by Gasteiger charge is -2.16. The second-order valence-corrected chi connectivity index (χ2v) is 5.53. The summed E-state index contributed by atoms with van der Waals surface area (Å²) in [7, 11) is 1.48. The molecule has 0 saturated carbocycles. The second-order valence-electron chi connectivity index (χ2n) is 5.53. The maximum atomic E-state index is 13.1. The summed E-state index contributed by atoms with van der Waals surface area (Å²) < 4.78 is 18.5. The largest absolute Gasteiger partial charge is 0.494 e. The van der Waals surface area contributed by atoms with Crippen LogP contribution < -0.4 is 21.1 Å². The Labute approximate surface area is 159 Å². The number of ether oxygens (including phenoxy) is 1. The Bertz CT molecular complexity index is 1020. The number of anilines is 1. The van der Waals surface area contributed by atoms with Gasteiger partial charge in [0.15, 0.2) is 5.83 Å². The molecule has 0 atom stereocenters. The van der Waals surface area contributed by atoms with E-state index >= 15 is 0 Å². The highest BCUT2D eigenvalue weighted by Crippen LogP contribution is 2.35. The van der Waals surface area contributed by atoms with Gasteiger partial charge in [0.2, 0.25) is 0 Å². The Hall–Kier alpha value is -4.08. The molecule has 10 heteroatoms. The summed E-state index contributed by atoms with van der Waals surface area (Å²) in [4.78, 5) is 24.7. The normalized spacial score (nSPS) is 14.6. The lowest BCUT2D eigenvalue weighted by molar-refractivity contribution is -0.112. The van der Waals surface area contributed by atoms with E-state index in [0.717, 1.165) is 12.4 Å². The average molecular weight is 381 g/mol. The highest BCUT2D eigenvalue weighted by Gasteiger charge is 2.22. The molecule has 2 aromatic heterocycles. The van der Waals surface area contributed by atoms with Gasteiger partial charge in [-0.1, -0.05) is 6.07 Å². The molecule has 1 aliphatic heterocycles. The van der Waals surface area contributed by atoms with Crippen LogP contribution in [0.5, 0.6) is 5.75 Å². The second kappa shape index (κ2) is 8.08. The van der Waals surface area contributed by atoms with Crippen LogP contribution in [0, 0.1) is 5.41 Å². The van der Waals surface area contributed by atoms with Crippen molar-refractivity contribution >= 4 is 23.6 Å². The standard InChI is InChI=1S/C18H16FN7O2/c1-28-13-9-23-8-12(14(13)10-3-2-4-22-5-10)26-18(27)15(16(20)21)17-24-6-11(19)7-25-17/h2-9,24H,1H3,(H3,20,21)(H,26,27). The number of aliphatic imine (C=N–C) groups is 1. The predicted octanol–water partition coefficient (Wildman–Crippen LogP) is 1.72. The number of nitrogens with two attached hydrogens (primary N) is 1. The molecule has 0 aliphatic carbocycles. The number of carbonyl (C=O) groups is 1. The minimum atomic E-state index is -0.719. The third-order valence-corrected chi connectivity index (χ3v) is 3.73. The summed E-state index contributed by atoms with van der Waals surface area (Å²) in [6.07, 6.45) is 8.08. The smallest absolute Gasteiger partial charge is 0.263 e. The lowest BCUT2D eigenvalue weighted by Crippen LogP contribution is -2.30. The van der Waals surface area contributed by atoms with Gasteiger partial charge in [0.1, 0.15) is 23.0 Å². The number of nitrogens with one attached hydrogen (secondary N) is 3. The minimum Gasteiger partial charge on any atom is -0.494 e. The van der Waals surface area contributed by atoms with Crippen molar-refractivity contribution in [3.05, 3.63) is 60.3 Å². The van der Waals surface area contributed by atoms with Gasteiger partial charge < -0.3 is 21.1 Å². The number of rotatable bonds is 5. The van der Waals surface area contributed by atoms with Crippen molar-refractivity contribution in [2.45, 2.75) is 0 Å². The van der Waals surface area contributed by atoms with Crippen molar-refractivity contribution in [3.8, 4) is 16.9 Å². The van der Waals surface area contributed by atoms with Crippen molar-refractivity contribution in [2.24, 2.45) is 10.7 Å². The quantitative estimate of drug-likeness (QED) is 0.353. The van der Waals surface area contributed by atoms with Crippen LogP contribution in [0.4, 0.5) is 10.1 Å². The molecule has 2 aromatic rings. The zero-order chi connectivity index (χ0) is 20.1. The van der Waals surface area contributed by atoms with Crippen molar-refractivity contribution in [3.63, 3.8) is 0 Å². The Morgan fingerprint density at radius 3 is 2.75 bits per heavy atom. The number of aromatic nitrogens is 2. The van der Waals surface area contributed by atoms with Crippen molar-refractivity contribution in [2.75, 3.05) is 12.4 Å². The van der Waals surface area contributed by atoms with Gasteiger partial charge in [-0.15, -0.1) is 0 Å². The number of hydrogen-bond acceptors (Lipinski definition) is 7. The molecule has 1 aliphatic rings. The van der Waals surface area contributed by atoms with Gasteiger partial charge in [0.25, 0.3) is 5.91 Å². The molecule has 5 N–H and O–H groups in total. The van der Waals surface area contributed by atoms with Crippen LogP contribution in [-0.2, 0) is 4.79 Å². The fraction of sp³-hybridized carbons (Fsp3) is 0.0556. The fourth-order valence-corrected chi connectivity index (χ4v) is 2.52. The van der Waals surface area contributed by atoms with Crippen LogP contribution in [0.15, 0.2) is 65.3 Å². The number of methoxy groups -OCH3 is 1. The van der Waals surface area contributed by atoms with E-state index in [0.29, 0.717) is 22.6 Å². The first-order valence-electron chi connectivity index (χ1n) is 8.00. The van der Waals surface area contributed by atoms with Gasteiger partial charge in [0.05, 0.1) is 37.0 Å². The summed E-state index contributed by atoms with van der Waals surface area (Å²) in [6.45, 7) is 0. The number of carbonyl (C=O) groups excluding carboxylic acids is 1. The number of hydrogen-bond donors (Lipinski definition) is 4. The van der Waals surface area contributed by atoms with E-state index in [-0.39, 0.29) is 11.4 Å².